The summed E-state index contributed by atoms with van der Waals surface area (Å²) in [6.45, 7) is 4.10. The van der Waals surface area contributed by atoms with Crippen LogP contribution >= 0.6 is 21.8 Å². The fourth-order valence-corrected chi connectivity index (χ4v) is 5.77. The molecule has 1 saturated heterocycles. The van der Waals surface area contributed by atoms with Crippen molar-refractivity contribution >= 4 is 51.3 Å². The zero-order valence-corrected chi connectivity index (χ0v) is 23.4. The van der Waals surface area contributed by atoms with E-state index < -0.39 is 44.7 Å². The Hall–Kier alpha value is -3.04. The summed E-state index contributed by atoms with van der Waals surface area (Å²) in [5.74, 6) is -1.74. The van der Waals surface area contributed by atoms with Crippen LogP contribution in [-0.2, 0) is 4.79 Å². The molecule has 1 aromatic rings. The number of benzene rings is 1. The van der Waals surface area contributed by atoms with Gasteiger partial charge in [-0.2, -0.15) is 10.2 Å². The molecule has 0 saturated carbocycles. The molecule has 0 N–H and O–H groups in total. The lowest BCUT2D eigenvalue weighted by atomic mass is 9.97. The van der Waals surface area contributed by atoms with Crippen LogP contribution in [0.25, 0.3) is 0 Å². The van der Waals surface area contributed by atoms with Gasteiger partial charge in [0.25, 0.3) is 5.91 Å². The third-order valence-corrected chi connectivity index (χ3v) is 8.26. The molecule has 0 aliphatic carbocycles. The number of halogens is 6. The van der Waals surface area contributed by atoms with Crippen LogP contribution < -0.4 is 4.74 Å². The van der Waals surface area contributed by atoms with E-state index in [0.717, 1.165) is 25.3 Å². The van der Waals surface area contributed by atoms with Crippen LogP contribution in [0.4, 0.5) is 19.4 Å². The van der Waals surface area contributed by atoms with E-state index in [-0.39, 0.29) is 41.8 Å². The van der Waals surface area contributed by atoms with Gasteiger partial charge in [0.15, 0.2) is 11.6 Å². The molecule has 0 spiro atoms. The summed E-state index contributed by atoms with van der Waals surface area (Å²) in [6, 6.07) is 1.14. The maximum atomic E-state index is 13.4. The fraction of sp³-hybridized carbons (Fsp3) is 0.458. The monoisotopic (exact) mass is 610 g/mol. The number of alkyl halides is 1. The molecule has 2 atom stereocenters. The number of rotatable bonds is 8. The van der Waals surface area contributed by atoms with Gasteiger partial charge in [-0.25, -0.2) is 10.0 Å². The van der Waals surface area contributed by atoms with Gasteiger partial charge >= 0.3 is 10.2 Å². The normalized spacial score (nSPS) is 24.3. The summed E-state index contributed by atoms with van der Waals surface area (Å²) < 4.78 is 71.6. The highest BCUT2D eigenvalue weighted by atomic mass is 35.5. The number of methoxy groups -OCH3 is 1. The van der Waals surface area contributed by atoms with Crippen molar-refractivity contribution in [1.82, 2.24) is 14.9 Å². The van der Waals surface area contributed by atoms with E-state index in [1.54, 1.807) is 0 Å². The molecule has 9 nitrogen and oxygen atoms in total. The van der Waals surface area contributed by atoms with Crippen molar-refractivity contribution < 1.29 is 33.8 Å². The minimum absolute atomic E-state index is 0.0527. The highest BCUT2D eigenvalue weighted by Crippen LogP contribution is 3.02. The number of amidine groups is 1. The molecular weight excluding hydrogens is 583 g/mol. The third kappa shape index (κ3) is 6.47. The van der Waals surface area contributed by atoms with Crippen molar-refractivity contribution in [2.75, 3.05) is 26.9 Å². The van der Waals surface area contributed by atoms with Crippen LogP contribution in [0.5, 0.6) is 5.75 Å². The Morgan fingerprint density at radius 1 is 1.18 bits per heavy atom. The number of ether oxygens (including phenoxy) is 1. The Morgan fingerprint density at radius 2 is 1.90 bits per heavy atom. The van der Waals surface area contributed by atoms with E-state index in [4.69, 9.17) is 16.3 Å². The summed E-state index contributed by atoms with van der Waals surface area (Å²) >= 11 is 6.43. The molecule has 16 heteroatoms. The number of likely N-dealkylation sites (tertiary alicyclic amines) is 1. The Kier molecular flexibility index (Phi) is 7.56. The van der Waals surface area contributed by atoms with Gasteiger partial charge in [0, 0.05) is 23.4 Å². The SMILES string of the molecule is CCC1C(=NC(=O)C2=CC3=NN(CC(=O)c4cc(OC)cc(S(F)(F)(F)(F)F)c4)CN3N=C2)CCC(Cl)N1CC. The zero-order valence-electron chi connectivity index (χ0n) is 21.9. The number of hydrogen-bond acceptors (Lipinski definition) is 8. The van der Waals surface area contributed by atoms with Crippen LogP contribution in [0, 0.1) is 0 Å². The van der Waals surface area contributed by atoms with Crippen LogP contribution in [0.15, 0.2) is 49.9 Å². The van der Waals surface area contributed by atoms with Gasteiger partial charge in [-0.15, -0.1) is 11.6 Å². The molecule has 3 aliphatic heterocycles. The predicted octanol–water partition coefficient (Wildman–Crippen LogP) is 5.78. The minimum atomic E-state index is -10.1. The molecule has 220 valence electrons. The van der Waals surface area contributed by atoms with Gasteiger partial charge in [-0.05, 0) is 44.0 Å². The topological polar surface area (TPSA) is 90.2 Å². The molecular formula is C24H28ClF5N6O3S. The smallest absolute Gasteiger partial charge is 0.310 e. The number of hydrogen-bond donors (Lipinski definition) is 0. The summed E-state index contributed by atoms with van der Waals surface area (Å²) in [7, 11) is -9.06. The van der Waals surface area contributed by atoms with Gasteiger partial charge in [0.2, 0.25) is 0 Å². The first-order chi connectivity index (χ1) is 18.5. The number of nitrogens with zero attached hydrogens (tertiary/aromatic N) is 6. The van der Waals surface area contributed by atoms with E-state index in [2.05, 4.69) is 20.1 Å². The van der Waals surface area contributed by atoms with Crippen molar-refractivity contribution in [3.05, 3.63) is 35.4 Å². The lowest BCUT2D eigenvalue weighted by Gasteiger charge is -2.40. The van der Waals surface area contributed by atoms with Crippen molar-refractivity contribution in [1.29, 1.82) is 0 Å². The van der Waals surface area contributed by atoms with Gasteiger partial charge in [-0.1, -0.05) is 33.3 Å². The molecule has 1 fully saturated rings. The van der Waals surface area contributed by atoms with Crippen molar-refractivity contribution in [2.45, 2.75) is 49.5 Å². The predicted molar refractivity (Wildman–Crippen MR) is 144 cm³/mol. The van der Waals surface area contributed by atoms with E-state index in [1.807, 2.05) is 13.8 Å². The van der Waals surface area contributed by atoms with Gasteiger partial charge in [0.1, 0.15) is 23.9 Å². The van der Waals surface area contributed by atoms with Gasteiger partial charge < -0.3 is 4.74 Å². The number of Topliss-reactive ketones (excluding diaryl/α,β-unsaturated/α-hetero) is 1. The van der Waals surface area contributed by atoms with E-state index in [1.165, 1.54) is 22.3 Å². The molecule has 0 aromatic heterocycles. The molecule has 1 aromatic carbocycles. The number of aliphatic imine (C=N–C) groups is 1. The van der Waals surface area contributed by atoms with Gasteiger partial charge in [0.05, 0.1) is 24.4 Å². The second-order valence-corrected chi connectivity index (χ2v) is 12.3. The second-order valence-electron chi connectivity index (χ2n) is 9.43. The number of ketones is 1. The maximum Gasteiger partial charge on any atom is 0.310 e. The number of fused-ring (bicyclic) bond motifs is 1. The third-order valence-electron chi connectivity index (χ3n) is 6.66. The lowest BCUT2D eigenvalue weighted by molar-refractivity contribution is -0.113. The first-order valence-corrected chi connectivity index (χ1v) is 14.8. The number of piperidine rings is 1. The first kappa shape index (κ1) is 29.9. The number of hydrazone groups is 2. The summed E-state index contributed by atoms with van der Waals surface area (Å²) in [5, 5.41) is 10.9. The summed E-state index contributed by atoms with van der Waals surface area (Å²) in [5.41, 5.74) is 0.142. The lowest BCUT2D eigenvalue weighted by Crippen LogP contribution is -2.49. The summed E-state index contributed by atoms with van der Waals surface area (Å²) in [4.78, 5) is 29.9. The Bertz CT molecular complexity index is 1350. The molecule has 40 heavy (non-hydrogen) atoms. The van der Waals surface area contributed by atoms with Crippen molar-refractivity contribution in [3.63, 3.8) is 0 Å². The molecule has 1 amide bonds. The highest BCUT2D eigenvalue weighted by molar-refractivity contribution is 8.45. The van der Waals surface area contributed by atoms with Crippen LogP contribution in [0.1, 0.15) is 43.5 Å². The van der Waals surface area contributed by atoms with Crippen LogP contribution in [0.3, 0.4) is 0 Å². The number of carbonyl (C=O) groups excluding carboxylic acids is 2. The van der Waals surface area contributed by atoms with E-state index in [9.17, 15) is 29.0 Å². The molecule has 3 heterocycles. The average Bonchev–Trinajstić information content (AvgIpc) is 3.29. The van der Waals surface area contributed by atoms with E-state index in [0.29, 0.717) is 19.4 Å². The van der Waals surface area contributed by atoms with Crippen LogP contribution in [-0.4, -0.2) is 82.8 Å². The minimum Gasteiger partial charge on any atom is -0.497 e. The summed E-state index contributed by atoms with van der Waals surface area (Å²) in [6.07, 6.45) is 4.72. The molecule has 4 rings (SSSR count). The molecule has 2 unspecified atom stereocenters. The van der Waals surface area contributed by atoms with Gasteiger partial charge in [-0.3, -0.25) is 19.5 Å². The Balaban J connectivity index is 1.51. The molecule has 3 aliphatic rings. The zero-order chi connectivity index (χ0) is 29.5. The highest BCUT2D eigenvalue weighted by Gasteiger charge is 2.65. The molecule has 0 radical (unpaired) electrons. The standard InChI is InChI=1S/C24H28ClF5N6O3S/c1-4-20-19(6-7-22(25)35(20)5-2)32-24(38)16-10-23-33-34(14-36(23)31-12-16)13-21(37)15-8-17(39-3)11-18(9-15)40(26,27,28,29)30/h8-12,20,22H,4-7,13-14H2,1-3H3. The number of carbonyl (C=O) groups is 2. The average molecular weight is 611 g/mol. The maximum absolute atomic E-state index is 13.4. The Labute approximate surface area is 232 Å². The first-order valence-electron chi connectivity index (χ1n) is 12.4. The Morgan fingerprint density at radius 3 is 2.52 bits per heavy atom. The van der Waals surface area contributed by atoms with Crippen LogP contribution in [0.2, 0.25) is 0 Å². The molecule has 0 bridgehead atoms. The van der Waals surface area contributed by atoms with E-state index >= 15 is 0 Å². The number of amides is 1. The quantitative estimate of drug-likeness (QED) is 0.161. The van der Waals surface area contributed by atoms with Crippen molar-refractivity contribution in [3.8, 4) is 5.75 Å². The van der Waals surface area contributed by atoms with Crippen molar-refractivity contribution in [2.24, 2.45) is 15.2 Å². The second kappa shape index (κ2) is 10.1. The largest absolute Gasteiger partial charge is 0.497 e. The fourth-order valence-electron chi connectivity index (χ4n) is 4.70.